The minimum atomic E-state index is 0.122. The molecule has 104 valence electrons. The van der Waals surface area contributed by atoms with Crippen LogP contribution in [0.5, 0.6) is 0 Å². The highest BCUT2D eigenvalue weighted by Gasteiger charge is 2.24. The second kappa shape index (κ2) is 6.09. The lowest BCUT2D eigenvalue weighted by molar-refractivity contribution is -0.120. The summed E-state index contributed by atoms with van der Waals surface area (Å²) in [5, 5.41) is 3.00. The molecule has 1 aromatic rings. The third-order valence-electron chi connectivity index (χ3n) is 3.69. The molecule has 0 saturated carbocycles. The van der Waals surface area contributed by atoms with Crippen molar-refractivity contribution in [3.63, 3.8) is 0 Å². The van der Waals surface area contributed by atoms with Crippen LogP contribution in [0.25, 0.3) is 0 Å². The van der Waals surface area contributed by atoms with Gasteiger partial charge in [0.15, 0.2) is 0 Å². The molecular formula is C16H24N2O. The third-order valence-corrected chi connectivity index (χ3v) is 3.69. The van der Waals surface area contributed by atoms with Gasteiger partial charge in [-0.15, -0.1) is 0 Å². The van der Waals surface area contributed by atoms with Crippen molar-refractivity contribution in [3.05, 3.63) is 29.8 Å². The summed E-state index contributed by atoms with van der Waals surface area (Å²) >= 11 is 0. The lowest BCUT2D eigenvalue weighted by atomic mass is 9.96. The van der Waals surface area contributed by atoms with Gasteiger partial charge in [-0.25, -0.2) is 0 Å². The van der Waals surface area contributed by atoms with E-state index in [4.69, 9.17) is 0 Å². The van der Waals surface area contributed by atoms with Gasteiger partial charge in [0.05, 0.1) is 6.54 Å². The summed E-state index contributed by atoms with van der Waals surface area (Å²) in [6.45, 7) is 7.64. The standard InChI is InChI=1S/C16H24N2O/c1-12(2)10-17-16(19)11-18-13(3)8-9-14-6-4-5-7-15(14)18/h4-7,12-13H,8-11H2,1-3H3,(H,17,19)/t13-/m0/s1. The number of hydrogen-bond acceptors (Lipinski definition) is 2. The van der Waals surface area contributed by atoms with E-state index in [0.29, 0.717) is 18.5 Å². The lowest BCUT2D eigenvalue weighted by Crippen LogP contribution is -2.45. The number of para-hydroxylation sites is 1. The van der Waals surface area contributed by atoms with E-state index < -0.39 is 0 Å². The minimum Gasteiger partial charge on any atom is -0.359 e. The van der Waals surface area contributed by atoms with Gasteiger partial charge in [0, 0.05) is 18.3 Å². The van der Waals surface area contributed by atoms with Crippen LogP contribution in [0, 0.1) is 5.92 Å². The maximum Gasteiger partial charge on any atom is 0.239 e. The highest BCUT2D eigenvalue weighted by atomic mass is 16.2. The molecule has 0 spiro atoms. The number of carbonyl (C=O) groups excluding carboxylic acids is 1. The Bertz CT molecular complexity index is 442. The normalized spacial score (nSPS) is 18.3. The Morgan fingerprint density at radius 1 is 1.42 bits per heavy atom. The largest absolute Gasteiger partial charge is 0.359 e. The molecule has 19 heavy (non-hydrogen) atoms. The van der Waals surface area contributed by atoms with E-state index in [1.807, 2.05) is 0 Å². The maximum absolute atomic E-state index is 12.0. The van der Waals surface area contributed by atoms with E-state index in [9.17, 15) is 4.79 Å². The van der Waals surface area contributed by atoms with Crippen LogP contribution >= 0.6 is 0 Å². The number of nitrogens with one attached hydrogen (secondary N) is 1. The van der Waals surface area contributed by atoms with Crippen LogP contribution < -0.4 is 10.2 Å². The number of nitrogens with zero attached hydrogens (tertiary/aromatic N) is 1. The number of carbonyl (C=O) groups is 1. The van der Waals surface area contributed by atoms with Gasteiger partial charge in [0.25, 0.3) is 0 Å². The molecule has 1 aliphatic rings. The Hall–Kier alpha value is -1.51. The quantitative estimate of drug-likeness (QED) is 0.902. The first-order chi connectivity index (χ1) is 9.08. The van der Waals surface area contributed by atoms with E-state index in [-0.39, 0.29) is 5.91 Å². The van der Waals surface area contributed by atoms with Gasteiger partial charge in [-0.3, -0.25) is 4.79 Å². The minimum absolute atomic E-state index is 0.122. The predicted octanol–water partition coefficient (Wildman–Crippen LogP) is 2.60. The van der Waals surface area contributed by atoms with Crippen LogP contribution in [-0.2, 0) is 11.2 Å². The fourth-order valence-corrected chi connectivity index (χ4v) is 2.53. The molecule has 0 radical (unpaired) electrons. The highest BCUT2D eigenvalue weighted by Crippen LogP contribution is 2.29. The first-order valence-electron chi connectivity index (χ1n) is 7.19. The van der Waals surface area contributed by atoms with E-state index in [1.165, 1.54) is 11.3 Å². The Kier molecular flexibility index (Phi) is 4.46. The van der Waals surface area contributed by atoms with E-state index >= 15 is 0 Å². The van der Waals surface area contributed by atoms with Crippen LogP contribution in [0.2, 0.25) is 0 Å². The molecule has 0 bridgehead atoms. The molecule has 1 amide bonds. The van der Waals surface area contributed by atoms with Gasteiger partial charge < -0.3 is 10.2 Å². The molecule has 1 aliphatic heterocycles. The number of aryl methyl sites for hydroxylation is 1. The average molecular weight is 260 g/mol. The van der Waals surface area contributed by atoms with Crippen LogP contribution in [0.4, 0.5) is 5.69 Å². The van der Waals surface area contributed by atoms with Gasteiger partial charge in [0.2, 0.25) is 5.91 Å². The maximum atomic E-state index is 12.0. The molecule has 1 aromatic carbocycles. The van der Waals surface area contributed by atoms with Crippen LogP contribution in [0.15, 0.2) is 24.3 Å². The zero-order valence-electron chi connectivity index (χ0n) is 12.1. The summed E-state index contributed by atoms with van der Waals surface area (Å²) in [4.78, 5) is 14.2. The third kappa shape index (κ3) is 3.49. The molecule has 2 rings (SSSR count). The first-order valence-corrected chi connectivity index (χ1v) is 7.19. The molecule has 3 heteroatoms. The predicted molar refractivity (Wildman–Crippen MR) is 79.4 cm³/mol. The summed E-state index contributed by atoms with van der Waals surface area (Å²) in [6.07, 6.45) is 2.23. The van der Waals surface area contributed by atoms with Crippen LogP contribution in [0.1, 0.15) is 32.8 Å². The molecule has 0 unspecified atom stereocenters. The topological polar surface area (TPSA) is 32.3 Å². The molecule has 1 heterocycles. The van der Waals surface area contributed by atoms with Crippen molar-refractivity contribution < 1.29 is 4.79 Å². The van der Waals surface area contributed by atoms with Crippen molar-refractivity contribution in [2.45, 2.75) is 39.7 Å². The molecule has 1 atom stereocenters. The fraction of sp³-hybridized carbons (Fsp3) is 0.562. The molecule has 0 aliphatic carbocycles. The van der Waals surface area contributed by atoms with Crippen molar-refractivity contribution in [3.8, 4) is 0 Å². The Morgan fingerprint density at radius 2 is 2.16 bits per heavy atom. The second-order valence-corrected chi connectivity index (χ2v) is 5.84. The molecule has 0 fully saturated rings. The number of amides is 1. The number of hydrogen-bond donors (Lipinski definition) is 1. The Morgan fingerprint density at radius 3 is 2.89 bits per heavy atom. The lowest BCUT2D eigenvalue weighted by Gasteiger charge is -2.36. The van der Waals surface area contributed by atoms with Crippen molar-refractivity contribution in [2.24, 2.45) is 5.92 Å². The number of benzene rings is 1. The Labute approximate surface area is 116 Å². The summed E-state index contributed by atoms with van der Waals surface area (Å²) in [7, 11) is 0. The van der Waals surface area contributed by atoms with Crippen LogP contribution in [-0.4, -0.2) is 25.0 Å². The molecule has 0 saturated heterocycles. The van der Waals surface area contributed by atoms with E-state index in [0.717, 1.165) is 19.4 Å². The van der Waals surface area contributed by atoms with Gasteiger partial charge in [-0.1, -0.05) is 32.0 Å². The van der Waals surface area contributed by atoms with Crippen molar-refractivity contribution in [1.29, 1.82) is 0 Å². The van der Waals surface area contributed by atoms with Crippen LogP contribution in [0.3, 0.4) is 0 Å². The summed E-state index contributed by atoms with van der Waals surface area (Å²) in [6, 6.07) is 8.85. The average Bonchev–Trinajstić information content (AvgIpc) is 2.40. The van der Waals surface area contributed by atoms with Crippen molar-refractivity contribution in [1.82, 2.24) is 5.32 Å². The van der Waals surface area contributed by atoms with Crippen molar-refractivity contribution in [2.75, 3.05) is 18.0 Å². The SMILES string of the molecule is CC(C)CNC(=O)CN1c2ccccc2CC[C@@H]1C. The molecular weight excluding hydrogens is 236 g/mol. The van der Waals surface area contributed by atoms with Gasteiger partial charge in [-0.2, -0.15) is 0 Å². The summed E-state index contributed by atoms with van der Waals surface area (Å²) in [5.41, 5.74) is 2.58. The Balaban J connectivity index is 2.05. The molecule has 0 aromatic heterocycles. The fourth-order valence-electron chi connectivity index (χ4n) is 2.53. The van der Waals surface area contributed by atoms with Gasteiger partial charge >= 0.3 is 0 Å². The summed E-state index contributed by atoms with van der Waals surface area (Å²) in [5.74, 6) is 0.618. The highest BCUT2D eigenvalue weighted by molar-refractivity contribution is 5.82. The molecule has 3 nitrogen and oxygen atoms in total. The van der Waals surface area contributed by atoms with Gasteiger partial charge in [0.1, 0.15) is 0 Å². The number of anilines is 1. The number of fused-ring (bicyclic) bond motifs is 1. The first kappa shape index (κ1) is 13.9. The van der Waals surface area contributed by atoms with E-state index in [1.54, 1.807) is 0 Å². The van der Waals surface area contributed by atoms with Crippen molar-refractivity contribution >= 4 is 11.6 Å². The summed E-state index contributed by atoms with van der Waals surface area (Å²) < 4.78 is 0. The number of rotatable bonds is 4. The second-order valence-electron chi connectivity index (χ2n) is 5.84. The zero-order chi connectivity index (χ0) is 13.8. The molecule has 1 N–H and O–H groups in total. The van der Waals surface area contributed by atoms with Gasteiger partial charge in [-0.05, 0) is 37.3 Å². The zero-order valence-corrected chi connectivity index (χ0v) is 12.1. The van der Waals surface area contributed by atoms with E-state index in [2.05, 4.69) is 55.3 Å². The monoisotopic (exact) mass is 260 g/mol. The smallest absolute Gasteiger partial charge is 0.239 e.